The normalized spacial score (nSPS) is 6.89. The van der Waals surface area contributed by atoms with Gasteiger partial charge in [0.1, 0.15) is 19.0 Å². The van der Waals surface area contributed by atoms with Crippen LogP contribution >= 0.6 is 0 Å². The lowest BCUT2D eigenvalue weighted by Crippen LogP contribution is -1.75. The fourth-order valence-electron chi connectivity index (χ4n) is 0.205. The van der Waals surface area contributed by atoms with Crippen LogP contribution in [-0.4, -0.2) is 32.7 Å². The highest BCUT2D eigenvalue weighted by Gasteiger charge is 1.59. The first-order valence-corrected chi connectivity index (χ1v) is 2.07. The summed E-state index contributed by atoms with van der Waals surface area (Å²) in [4.78, 5) is 10.7. The maximum Gasteiger partial charge on any atom is 0.482 e. The molecule has 9 heavy (non-hydrogen) atoms. The van der Waals surface area contributed by atoms with Crippen LogP contribution in [0.5, 0.6) is 0 Å². The zero-order valence-corrected chi connectivity index (χ0v) is 4.55. The van der Waals surface area contributed by atoms with Gasteiger partial charge in [-0.3, -0.25) is 0 Å². The predicted molar refractivity (Wildman–Crippen MR) is 30.0 cm³/mol. The van der Waals surface area contributed by atoms with Gasteiger partial charge in [-0.2, -0.15) is 0 Å². The monoisotopic (exact) mass is 126 g/mol. The third-order valence-corrected chi connectivity index (χ3v) is 0.400. The van der Waals surface area contributed by atoms with E-state index < -0.39 is 0 Å². The van der Waals surface area contributed by atoms with E-state index in [1.807, 2.05) is 0 Å². The van der Waals surface area contributed by atoms with Crippen LogP contribution in [-0.2, 0) is 0 Å². The second-order valence-electron chi connectivity index (χ2n) is 0.909. The number of hydrogen-bond donors (Lipinski definition) is 2. The summed E-state index contributed by atoms with van der Waals surface area (Å²) in [5.41, 5.74) is 0. The number of nitrogens with zero attached hydrogens (tertiary/aromatic N) is 3. The fourth-order valence-corrected chi connectivity index (χ4v) is 0.205. The molecule has 0 aliphatic heterocycles. The Morgan fingerprint density at radius 1 is 0.889 bits per heavy atom. The highest BCUT2D eigenvalue weighted by atomic mass is 16.4. The summed E-state index contributed by atoms with van der Waals surface area (Å²) in [6.45, 7) is 0. The number of hydrogen-bond acceptors (Lipinski definition) is 5. The van der Waals surface area contributed by atoms with Crippen LogP contribution in [0.2, 0.25) is 0 Å². The van der Waals surface area contributed by atoms with Crippen molar-refractivity contribution in [1.82, 2.24) is 15.0 Å². The maximum atomic E-state index is 7.00. The molecule has 0 atom stereocenters. The van der Waals surface area contributed by atoms with Gasteiger partial charge in [-0.05, 0) is 0 Å². The number of aromatic nitrogens is 3. The SMILES string of the molecule is O[B]O.c1ncncn1. The van der Waals surface area contributed by atoms with Gasteiger partial charge in [-0.1, -0.05) is 0 Å². The Balaban J connectivity index is 0.000000187. The largest absolute Gasteiger partial charge is 0.482 e. The molecule has 1 radical (unpaired) electrons. The molecule has 47 valence electrons. The second-order valence-corrected chi connectivity index (χ2v) is 0.909. The smallest absolute Gasteiger partial charge is 0.429 e. The van der Waals surface area contributed by atoms with Crippen LogP contribution in [0.3, 0.4) is 0 Å². The minimum absolute atomic E-state index is 0. The number of rotatable bonds is 0. The molecule has 0 saturated heterocycles. The second kappa shape index (κ2) is 6.99. The first kappa shape index (κ1) is 7.99. The summed E-state index contributed by atoms with van der Waals surface area (Å²) in [6.07, 6.45) is 4.31. The molecular formula is C3H5BN3O2. The van der Waals surface area contributed by atoms with E-state index in [2.05, 4.69) is 15.0 Å². The molecule has 1 aromatic heterocycles. The Bertz CT molecular complexity index is 99.9. The average molecular weight is 126 g/mol. The van der Waals surface area contributed by atoms with Crippen molar-refractivity contribution in [2.45, 2.75) is 0 Å². The first-order chi connectivity index (χ1) is 4.41. The van der Waals surface area contributed by atoms with Gasteiger partial charge in [-0.15, -0.1) is 0 Å². The summed E-state index contributed by atoms with van der Waals surface area (Å²) in [7, 11) is 0. The van der Waals surface area contributed by atoms with E-state index in [9.17, 15) is 0 Å². The average Bonchev–Trinajstić information content (AvgIpc) is 1.93. The van der Waals surface area contributed by atoms with E-state index in [-0.39, 0.29) is 7.69 Å². The Labute approximate surface area is 52.7 Å². The molecule has 0 aromatic carbocycles. The van der Waals surface area contributed by atoms with Crippen molar-refractivity contribution in [3.8, 4) is 0 Å². The quantitative estimate of drug-likeness (QED) is 0.408. The Hall–Kier alpha value is -1.01. The van der Waals surface area contributed by atoms with Crippen molar-refractivity contribution >= 4 is 7.69 Å². The molecule has 0 spiro atoms. The third kappa shape index (κ3) is 6.99. The van der Waals surface area contributed by atoms with Crippen LogP contribution in [0.4, 0.5) is 0 Å². The lowest BCUT2D eigenvalue weighted by molar-refractivity contribution is 0.448. The van der Waals surface area contributed by atoms with Crippen molar-refractivity contribution in [3.05, 3.63) is 19.0 Å². The van der Waals surface area contributed by atoms with Crippen LogP contribution in [0, 0.1) is 0 Å². The minimum Gasteiger partial charge on any atom is -0.429 e. The molecule has 0 saturated carbocycles. The van der Waals surface area contributed by atoms with E-state index in [1.54, 1.807) is 0 Å². The topological polar surface area (TPSA) is 79.1 Å². The first-order valence-electron chi connectivity index (χ1n) is 2.07. The highest BCUT2D eigenvalue weighted by Crippen LogP contribution is 1.57. The van der Waals surface area contributed by atoms with Crippen LogP contribution in [0.1, 0.15) is 0 Å². The molecule has 0 fully saturated rings. The summed E-state index contributed by atoms with van der Waals surface area (Å²) in [5.74, 6) is 0. The predicted octanol–water partition coefficient (Wildman–Crippen LogP) is -1.62. The zero-order valence-electron chi connectivity index (χ0n) is 4.55. The van der Waals surface area contributed by atoms with Crippen molar-refractivity contribution in [1.29, 1.82) is 0 Å². The molecule has 1 rings (SSSR count). The van der Waals surface area contributed by atoms with Gasteiger partial charge >= 0.3 is 7.69 Å². The fraction of sp³-hybridized carbons (Fsp3) is 0. The molecule has 0 amide bonds. The van der Waals surface area contributed by atoms with Crippen molar-refractivity contribution < 1.29 is 10.0 Å². The van der Waals surface area contributed by atoms with Crippen LogP contribution in [0.25, 0.3) is 0 Å². The van der Waals surface area contributed by atoms with E-state index in [0.717, 1.165) is 0 Å². The zero-order chi connectivity index (χ0) is 6.95. The van der Waals surface area contributed by atoms with E-state index in [4.69, 9.17) is 10.0 Å². The molecule has 5 nitrogen and oxygen atoms in total. The van der Waals surface area contributed by atoms with Gasteiger partial charge in [-0.25, -0.2) is 15.0 Å². The molecule has 0 aliphatic carbocycles. The molecule has 2 N–H and O–H groups in total. The standard InChI is InChI=1S/C3H3N3.BH2O2/c1-4-2-6-3-5-1;2-1-3/h1-3H;2-3H. The summed E-state index contributed by atoms with van der Waals surface area (Å²) in [5, 5.41) is 14.0. The molecule has 0 bridgehead atoms. The van der Waals surface area contributed by atoms with Gasteiger partial charge < -0.3 is 10.0 Å². The van der Waals surface area contributed by atoms with Crippen molar-refractivity contribution in [2.75, 3.05) is 0 Å². The Morgan fingerprint density at radius 3 is 1.22 bits per heavy atom. The van der Waals surface area contributed by atoms with E-state index in [1.165, 1.54) is 19.0 Å². The van der Waals surface area contributed by atoms with Gasteiger partial charge in [0.25, 0.3) is 0 Å². The van der Waals surface area contributed by atoms with E-state index >= 15 is 0 Å². The molecular weight excluding hydrogens is 121 g/mol. The van der Waals surface area contributed by atoms with Gasteiger partial charge in [0.2, 0.25) is 0 Å². The Morgan fingerprint density at radius 2 is 1.11 bits per heavy atom. The van der Waals surface area contributed by atoms with Crippen LogP contribution < -0.4 is 0 Å². The molecule has 1 heterocycles. The van der Waals surface area contributed by atoms with Crippen molar-refractivity contribution in [2.24, 2.45) is 0 Å². The summed E-state index contributed by atoms with van der Waals surface area (Å²) < 4.78 is 0. The maximum absolute atomic E-state index is 7.00. The highest BCUT2D eigenvalue weighted by molar-refractivity contribution is 6.13. The van der Waals surface area contributed by atoms with Crippen molar-refractivity contribution in [3.63, 3.8) is 0 Å². The minimum atomic E-state index is 0. The van der Waals surface area contributed by atoms with E-state index in [0.29, 0.717) is 0 Å². The van der Waals surface area contributed by atoms with Gasteiger partial charge in [0, 0.05) is 0 Å². The van der Waals surface area contributed by atoms with Gasteiger partial charge in [0.05, 0.1) is 0 Å². The molecule has 0 unspecified atom stereocenters. The summed E-state index contributed by atoms with van der Waals surface area (Å²) in [6, 6.07) is 0. The molecule has 6 heteroatoms. The van der Waals surface area contributed by atoms with Crippen LogP contribution in [0.15, 0.2) is 19.0 Å². The molecule has 1 aromatic rings. The Kier molecular flexibility index (Phi) is 6.21. The van der Waals surface area contributed by atoms with Gasteiger partial charge in [0.15, 0.2) is 0 Å². The molecule has 0 aliphatic rings. The third-order valence-electron chi connectivity index (χ3n) is 0.400. The lowest BCUT2D eigenvalue weighted by atomic mass is 10.5. The lowest BCUT2D eigenvalue weighted by Gasteiger charge is -1.69. The summed E-state index contributed by atoms with van der Waals surface area (Å²) >= 11 is 0.